The maximum absolute atomic E-state index is 4.62. The van der Waals surface area contributed by atoms with Crippen molar-refractivity contribution >= 4 is 11.6 Å². The van der Waals surface area contributed by atoms with Gasteiger partial charge >= 0.3 is 0 Å². The van der Waals surface area contributed by atoms with Crippen LogP contribution in [0.2, 0.25) is 0 Å². The SMILES string of the molecule is Cc1cccc2nc(N3CC(C)NC(C)C3)nn12. The second-order valence-corrected chi connectivity index (χ2v) is 5.22. The van der Waals surface area contributed by atoms with Crippen LogP contribution in [0.1, 0.15) is 19.5 Å². The zero-order valence-corrected chi connectivity index (χ0v) is 11.1. The molecule has 1 saturated heterocycles. The zero-order valence-electron chi connectivity index (χ0n) is 11.1. The number of hydrogen-bond donors (Lipinski definition) is 1. The molecule has 0 spiro atoms. The molecule has 2 aromatic rings. The number of nitrogens with zero attached hydrogens (tertiary/aromatic N) is 4. The van der Waals surface area contributed by atoms with E-state index in [4.69, 9.17) is 0 Å². The third kappa shape index (κ3) is 1.95. The van der Waals surface area contributed by atoms with Gasteiger partial charge in [-0.05, 0) is 32.9 Å². The molecular weight excluding hydrogens is 226 g/mol. The van der Waals surface area contributed by atoms with E-state index in [0.717, 1.165) is 30.4 Å². The van der Waals surface area contributed by atoms with Crippen molar-refractivity contribution in [2.24, 2.45) is 0 Å². The second kappa shape index (κ2) is 4.24. The summed E-state index contributed by atoms with van der Waals surface area (Å²) in [6.45, 7) is 8.36. The standard InChI is InChI=1S/C13H19N5/c1-9-7-17(8-10(2)14-9)13-15-12-6-4-5-11(3)18(12)16-13/h4-6,9-10,14H,7-8H2,1-3H3. The number of fused-ring (bicyclic) bond motifs is 1. The Labute approximate surface area is 107 Å². The molecule has 0 saturated carbocycles. The maximum atomic E-state index is 4.62. The summed E-state index contributed by atoms with van der Waals surface area (Å²) < 4.78 is 1.91. The Morgan fingerprint density at radius 3 is 2.61 bits per heavy atom. The second-order valence-electron chi connectivity index (χ2n) is 5.22. The number of anilines is 1. The van der Waals surface area contributed by atoms with Crippen LogP contribution in [-0.2, 0) is 0 Å². The molecule has 0 aliphatic carbocycles. The first kappa shape index (κ1) is 11.5. The van der Waals surface area contributed by atoms with E-state index in [1.165, 1.54) is 0 Å². The first-order valence-electron chi connectivity index (χ1n) is 6.47. The van der Waals surface area contributed by atoms with Crippen molar-refractivity contribution < 1.29 is 0 Å². The highest BCUT2D eigenvalue weighted by atomic mass is 15.4. The molecule has 1 aliphatic rings. The molecule has 2 unspecified atom stereocenters. The van der Waals surface area contributed by atoms with Crippen LogP contribution in [0.3, 0.4) is 0 Å². The van der Waals surface area contributed by atoms with E-state index in [9.17, 15) is 0 Å². The number of piperazine rings is 1. The van der Waals surface area contributed by atoms with Crippen molar-refractivity contribution in [1.29, 1.82) is 0 Å². The zero-order chi connectivity index (χ0) is 12.7. The minimum Gasteiger partial charge on any atom is -0.336 e. The summed E-state index contributed by atoms with van der Waals surface area (Å²) in [4.78, 5) is 6.88. The van der Waals surface area contributed by atoms with Gasteiger partial charge in [0.25, 0.3) is 0 Å². The molecule has 0 amide bonds. The van der Waals surface area contributed by atoms with Crippen LogP contribution >= 0.6 is 0 Å². The highest BCUT2D eigenvalue weighted by Crippen LogP contribution is 2.15. The molecule has 96 valence electrons. The highest BCUT2D eigenvalue weighted by molar-refractivity contribution is 5.46. The largest absolute Gasteiger partial charge is 0.336 e. The normalized spacial score (nSPS) is 24.7. The van der Waals surface area contributed by atoms with E-state index in [-0.39, 0.29) is 0 Å². The fourth-order valence-electron chi connectivity index (χ4n) is 2.65. The number of hydrogen-bond acceptors (Lipinski definition) is 4. The Hall–Kier alpha value is -1.62. The quantitative estimate of drug-likeness (QED) is 0.820. The topological polar surface area (TPSA) is 45.5 Å². The average Bonchev–Trinajstić information content (AvgIpc) is 2.73. The fraction of sp³-hybridized carbons (Fsp3) is 0.538. The number of rotatable bonds is 1. The average molecular weight is 245 g/mol. The Bertz CT molecular complexity index is 552. The number of aryl methyl sites for hydroxylation is 1. The van der Waals surface area contributed by atoms with Crippen LogP contribution in [0.4, 0.5) is 5.95 Å². The lowest BCUT2D eigenvalue weighted by Crippen LogP contribution is -2.54. The smallest absolute Gasteiger partial charge is 0.245 e. The van der Waals surface area contributed by atoms with Crippen LogP contribution in [-0.4, -0.2) is 39.8 Å². The van der Waals surface area contributed by atoms with Gasteiger partial charge in [0, 0.05) is 30.9 Å². The lowest BCUT2D eigenvalue weighted by atomic mass is 10.1. The van der Waals surface area contributed by atoms with E-state index in [1.54, 1.807) is 0 Å². The summed E-state index contributed by atoms with van der Waals surface area (Å²) >= 11 is 0. The van der Waals surface area contributed by atoms with Gasteiger partial charge in [-0.2, -0.15) is 4.98 Å². The van der Waals surface area contributed by atoms with Crippen molar-refractivity contribution in [1.82, 2.24) is 19.9 Å². The van der Waals surface area contributed by atoms with Crippen molar-refractivity contribution in [3.05, 3.63) is 23.9 Å². The molecular formula is C13H19N5. The van der Waals surface area contributed by atoms with Crippen LogP contribution in [0.15, 0.2) is 18.2 Å². The van der Waals surface area contributed by atoms with Gasteiger partial charge in [0.1, 0.15) is 0 Å². The van der Waals surface area contributed by atoms with Crippen molar-refractivity contribution in [3.63, 3.8) is 0 Å². The Balaban J connectivity index is 1.96. The van der Waals surface area contributed by atoms with Crippen LogP contribution in [0, 0.1) is 6.92 Å². The molecule has 1 aliphatic heterocycles. The number of pyridine rings is 1. The summed E-state index contributed by atoms with van der Waals surface area (Å²) in [5.41, 5.74) is 2.03. The fourth-order valence-corrected chi connectivity index (χ4v) is 2.65. The summed E-state index contributed by atoms with van der Waals surface area (Å²) in [5.74, 6) is 0.838. The minimum atomic E-state index is 0.474. The van der Waals surface area contributed by atoms with Gasteiger partial charge in [0.05, 0.1) is 0 Å². The Morgan fingerprint density at radius 1 is 1.22 bits per heavy atom. The lowest BCUT2D eigenvalue weighted by molar-refractivity contribution is 0.403. The third-order valence-electron chi connectivity index (χ3n) is 3.38. The third-order valence-corrected chi connectivity index (χ3v) is 3.38. The van der Waals surface area contributed by atoms with E-state index >= 15 is 0 Å². The molecule has 2 atom stereocenters. The van der Waals surface area contributed by atoms with Gasteiger partial charge in [0.15, 0.2) is 5.65 Å². The first-order chi connectivity index (χ1) is 8.63. The molecule has 0 radical (unpaired) electrons. The predicted molar refractivity (Wildman–Crippen MR) is 72.0 cm³/mol. The molecule has 2 aromatic heterocycles. The van der Waals surface area contributed by atoms with E-state index < -0.39 is 0 Å². The first-order valence-corrected chi connectivity index (χ1v) is 6.47. The summed E-state index contributed by atoms with van der Waals surface area (Å²) in [6, 6.07) is 7.02. The van der Waals surface area contributed by atoms with Crippen LogP contribution in [0.5, 0.6) is 0 Å². The Morgan fingerprint density at radius 2 is 1.94 bits per heavy atom. The molecule has 1 fully saturated rings. The maximum Gasteiger partial charge on any atom is 0.245 e. The van der Waals surface area contributed by atoms with Crippen molar-refractivity contribution in [2.75, 3.05) is 18.0 Å². The molecule has 18 heavy (non-hydrogen) atoms. The van der Waals surface area contributed by atoms with E-state index in [0.29, 0.717) is 12.1 Å². The number of aromatic nitrogens is 3. The molecule has 5 nitrogen and oxygen atoms in total. The Kier molecular flexibility index (Phi) is 2.70. The van der Waals surface area contributed by atoms with Gasteiger partial charge in [-0.3, -0.25) is 0 Å². The molecule has 0 aromatic carbocycles. The summed E-state index contributed by atoms with van der Waals surface area (Å²) in [5, 5.41) is 8.13. The van der Waals surface area contributed by atoms with Crippen LogP contribution in [0.25, 0.3) is 5.65 Å². The van der Waals surface area contributed by atoms with Gasteiger partial charge in [-0.15, -0.1) is 5.10 Å². The molecule has 3 rings (SSSR count). The lowest BCUT2D eigenvalue weighted by Gasteiger charge is -2.35. The highest BCUT2D eigenvalue weighted by Gasteiger charge is 2.23. The van der Waals surface area contributed by atoms with Crippen molar-refractivity contribution in [2.45, 2.75) is 32.9 Å². The van der Waals surface area contributed by atoms with Gasteiger partial charge in [0.2, 0.25) is 5.95 Å². The van der Waals surface area contributed by atoms with E-state index in [1.807, 2.05) is 16.6 Å². The molecule has 5 heteroatoms. The van der Waals surface area contributed by atoms with Gasteiger partial charge in [-0.1, -0.05) is 6.07 Å². The summed E-state index contributed by atoms with van der Waals surface area (Å²) in [6.07, 6.45) is 0. The predicted octanol–water partition coefficient (Wildman–Crippen LogP) is 1.22. The monoisotopic (exact) mass is 245 g/mol. The van der Waals surface area contributed by atoms with E-state index in [2.05, 4.69) is 47.1 Å². The summed E-state index contributed by atoms with van der Waals surface area (Å²) in [7, 11) is 0. The molecule has 1 N–H and O–H groups in total. The van der Waals surface area contributed by atoms with Crippen molar-refractivity contribution in [3.8, 4) is 0 Å². The van der Waals surface area contributed by atoms with Gasteiger partial charge < -0.3 is 10.2 Å². The molecule has 0 bridgehead atoms. The van der Waals surface area contributed by atoms with Crippen LogP contribution < -0.4 is 10.2 Å². The van der Waals surface area contributed by atoms with Gasteiger partial charge in [-0.25, -0.2) is 4.52 Å². The minimum absolute atomic E-state index is 0.474. The molecule has 3 heterocycles. The number of nitrogens with one attached hydrogen (secondary N) is 1.